The van der Waals surface area contributed by atoms with E-state index in [1.54, 1.807) is 19.0 Å². The molecular weight excluding hydrogens is 452 g/mol. The van der Waals surface area contributed by atoms with Crippen LogP contribution in [0.3, 0.4) is 0 Å². The minimum atomic E-state index is 0.0448. The summed E-state index contributed by atoms with van der Waals surface area (Å²) in [5.41, 5.74) is 6.80. The van der Waals surface area contributed by atoms with Crippen molar-refractivity contribution in [3.8, 4) is 0 Å². The summed E-state index contributed by atoms with van der Waals surface area (Å²) >= 11 is 3.65. The molecule has 0 saturated heterocycles. The molecule has 0 saturated carbocycles. The van der Waals surface area contributed by atoms with Crippen molar-refractivity contribution in [3.05, 3.63) is 69.5 Å². The molecular formula is C25H29BrN4O. The molecule has 162 valence electrons. The van der Waals surface area contributed by atoms with Crippen LogP contribution in [-0.2, 0) is 7.05 Å². The van der Waals surface area contributed by atoms with Crippen molar-refractivity contribution < 1.29 is 4.79 Å². The largest absolute Gasteiger partial charge is 0.345 e. The molecule has 0 radical (unpaired) electrons. The summed E-state index contributed by atoms with van der Waals surface area (Å²) in [6.07, 6.45) is 5.18. The van der Waals surface area contributed by atoms with Crippen LogP contribution in [0, 0.1) is 6.92 Å². The fourth-order valence-corrected chi connectivity index (χ4v) is 4.90. The van der Waals surface area contributed by atoms with E-state index in [2.05, 4.69) is 69.5 Å². The maximum Gasteiger partial charge on any atom is 0.253 e. The second-order valence-electron chi connectivity index (χ2n) is 8.54. The number of halogens is 1. The third-order valence-electron chi connectivity index (χ3n) is 6.35. The van der Waals surface area contributed by atoms with Crippen LogP contribution >= 0.6 is 15.9 Å². The molecule has 31 heavy (non-hydrogen) atoms. The van der Waals surface area contributed by atoms with Gasteiger partial charge in [0, 0.05) is 67.6 Å². The number of aromatic nitrogens is 2. The molecule has 3 aromatic rings. The predicted molar refractivity (Wildman–Crippen MR) is 130 cm³/mol. The highest BCUT2D eigenvalue weighted by Crippen LogP contribution is 2.33. The third kappa shape index (κ3) is 4.06. The maximum absolute atomic E-state index is 12.2. The number of pyridine rings is 1. The number of rotatable bonds is 4. The minimum absolute atomic E-state index is 0.0448. The van der Waals surface area contributed by atoms with Gasteiger partial charge in [-0.3, -0.25) is 9.69 Å². The molecule has 0 spiro atoms. The van der Waals surface area contributed by atoms with Gasteiger partial charge in [0.2, 0.25) is 0 Å². The Morgan fingerprint density at radius 2 is 2.00 bits per heavy atom. The Bertz CT molecular complexity index is 1180. The second-order valence-corrected chi connectivity index (χ2v) is 9.39. The molecule has 0 unspecified atom stereocenters. The molecule has 1 aromatic carbocycles. The molecule has 4 rings (SSSR count). The van der Waals surface area contributed by atoms with Gasteiger partial charge in [-0.1, -0.05) is 12.1 Å². The number of hydrogen-bond donors (Lipinski definition) is 0. The highest BCUT2D eigenvalue weighted by atomic mass is 79.9. The van der Waals surface area contributed by atoms with Gasteiger partial charge in [-0.25, -0.2) is 4.98 Å². The van der Waals surface area contributed by atoms with Crippen molar-refractivity contribution in [1.82, 2.24) is 19.4 Å². The lowest BCUT2D eigenvalue weighted by atomic mass is 9.93. The van der Waals surface area contributed by atoms with Crippen LogP contribution in [0.2, 0.25) is 0 Å². The first-order valence-electron chi connectivity index (χ1n) is 10.6. The Morgan fingerprint density at radius 3 is 2.61 bits per heavy atom. The fourth-order valence-electron chi connectivity index (χ4n) is 4.49. The van der Waals surface area contributed by atoms with E-state index in [0.717, 1.165) is 46.1 Å². The summed E-state index contributed by atoms with van der Waals surface area (Å²) in [5, 5.41) is 1.16. The first-order valence-corrected chi connectivity index (χ1v) is 11.4. The first kappa shape index (κ1) is 21.8. The van der Waals surface area contributed by atoms with Crippen molar-refractivity contribution in [3.63, 3.8) is 0 Å². The molecule has 3 heterocycles. The Hall–Kier alpha value is -2.44. The van der Waals surface area contributed by atoms with Gasteiger partial charge in [0.15, 0.2) is 0 Å². The molecule has 1 amide bonds. The molecule has 0 aliphatic carbocycles. The molecule has 0 fully saturated rings. The number of hydrogen-bond acceptors (Lipinski definition) is 3. The molecule has 1 atom stereocenters. The number of carbonyl (C=O) groups is 1. The fraction of sp³-hybridized carbons (Fsp3) is 0.360. The zero-order valence-corrected chi connectivity index (χ0v) is 20.4. The van der Waals surface area contributed by atoms with Gasteiger partial charge in [0.05, 0.1) is 0 Å². The van der Waals surface area contributed by atoms with Gasteiger partial charge < -0.3 is 9.47 Å². The number of aryl methyl sites for hydroxylation is 2. The van der Waals surface area contributed by atoms with Gasteiger partial charge in [-0.2, -0.15) is 0 Å². The Kier molecular flexibility index (Phi) is 6.04. The smallest absolute Gasteiger partial charge is 0.253 e. The van der Waals surface area contributed by atoms with Gasteiger partial charge in [0.25, 0.3) is 5.91 Å². The highest BCUT2D eigenvalue weighted by molar-refractivity contribution is 9.10. The first-order chi connectivity index (χ1) is 14.8. The predicted octanol–water partition coefficient (Wildman–Crippen LogP) is 5.20. The van der Waals surface area contributed by atoms with Crippen LogP contribution < -0.4 is 0 Å². The molecule has 5 nitrogen and oxygen atoms in total. The van der Waals surface area contributed by atoms with Crippen molar-refractivity contribution >= 4 is 38.4 Å². The van der Waals surface area contributed by atoms with E-state index < -0.39 is 0 Å². The van der Waals surface area contributed by atoms with E-state index in [4.69, 9.17) is 0 Å². The quantitative estimate of drug-likeness (QED) is 0.515. The minimum Gasteiger partial charge on any atom is -0.345 e. The summed E-state index contributed by atoms with van der Waals surface area (Å²) < 4.78 is 3.29. The van der Waals surface area contributed by atoms with Crippen molar-refractivity contribution in [1.29, 1.82) is 0 Å². The van der Waals surface area contributed by atoms with Crippen LogP contribution in [0.4, 0.5) is 0 Å². The average Bonchev–Trinajstić information content (AvgIpc) is 3.10. The molecule has 2 aromatic heterocycles. The number of benzene rings is 1. The van der Waals surface area contributed by atoms with E-state index in [1.165, 1.54) is 16.8 Å². The molecule has 0 bridgehead atoms. The van der Waals surface area contributed by atoms with Crippen LogP contribution in [-0.4, -0.2) is 52.4 Å². The lowest BCUT2D eigenvalue weighted by molar-refractivity contribution is 0.0827. The van der Waals surface area contributed by atoms with Gasteiger partial charge in [-0.15, -0.1) is 0 Å². The second kappa shape index (κ2) is 8.60. The number of carbonyl (C=O) groups excluding carboxylic acids is 1. The van der Waals surface area contributed by atoms with E-state index >= 15 is 0 Å². The number of amides is 1. The summed E-state index contributed by atoms with van der Waals surface area (Å²) in [6.45, 7) is 6.28. The van der Waals surface area contributed by atoms with Gasteiger partial charge in [0.1, 0.15) is 5.65 Å². The highest BCUT2D eigenvalue weighted by Gasteiger charge is 2.23. The monoisotopic (exact) mass is 480 g/mol. The molecule has 6 heteroatoms. The van der Waals surface area contributed by atoms with E-state index in [0.29, 0.717) is 6.04 Å². The van der Waals surface area contributed by atoms with Crippen molar-refractivity contribution in [2.75, 3.05) is 27.2 Å². The van der Waals surface area contributed by atoms with Crippen LogP contribution in [0.25, 0.3) is 16.6 Å². The van der Waals surface area contributed by atoms with Crippen LogP contribution in [0.15, 0.2) is 47.1 Å². The Labute approximate surface area is 192 Å². The topological polar surface area (TPSA) is 41.4 Å². The summed E-state index contributed by atoms with van der Waals surface area (Å²) in [5.74, 6) is 0.0448. The summed E-state index contributed by atoms with van der Waals surface area (Å²) in [7, 11) is 5.67. The third-order valence-corrected chi connectivity index (χ3v) is 7.05. The van der Waals surface area contributed by atoms with Crippen molar-refractivity contribution in [2.45, 2.75) is 26.3 Å². The lowest BCUT2D eigenvalue weighted by Crippen LogP contribution is -2.32. The Balaban J connectivity index is 1.54. The lowest BCUT2D eigenvalue weighted by Gasteiger charge is -2.32. The van der Waals surface area contributed by atoms with Crippen molar-refractivity contribution in [2.24, 2.45) is 7.05 Å². The van der Waals surface area contributed by atoms with E-state index in [9.17, 15) is 4.79 Å². The molecule has 1 aliphatic heterocycles. The molecule has 0 N–H and O–H groups in total. The van der Waals surface area contributed by atoms with Gasteiger partial charge >= 0.3 is 0 Å². The normalized spacial score (nSPS) is 15.7. The van der Waals surface area contributed by atoms with Crippen LogP contribution in [0.5, 0.6) is 0 Å². The maximum atomic E-state index is 12.2. The van der Waals surface area contributed by atoms with E-state index in [-0.39, 0.29) is 5.91 Å². The standard InChI is InChI=1S/C25H29BrN4O/c1-16-14-19(25(31)28(3)4)6-7-20(16)18-9-12-30(13-10-18)17(2)23-15-21-22(26)8-11-27-24(21)29(23)5/h6-9,11,14-15,17H,10,12-13H2,1-5H3/t17-/m0/s1. The van der Waals surface area contributed by atoms with Gasteiger partial charge in [-0.05, 0) is 77.2 Å². The average molecular weight is 481 g/mol. The SMILES string of the molecule is Cc1cc(C(=O)N(C)C)ccc1C1=CCN([C@@H](C)c2cc3c(Br)ccnc3n2C)CC1. The number of nitrogens with zero attached hydrogens (tertiary/aromatic N) is 4. The zero-order chi connectivity index (χ0) is 22.3. The molecule has 1 aliphatic rings. The number of fused-ring (bicyclic) bond motifs is 1. The Morgan fingerprint density at radius 1 is 1.23 bits per heavy atom. The van der Waals surface area contributed by atoms with Crippen LogP contribution in [0.1, 0.15) is 46.6 Å². The summed E-state index contributed by atoms with van der Waals surface area (Å²) in [4.78, 5) is 20.9. The zero-order valence-electron chi connectivity index (χ0n) is 18.8. The summed E-state index contributed by atoms with van der Waals surface area (Å²) in [6, 6.07) is 10.6. The van der Waals surface area contributed by atoms with E-state index in [1.807, 2.05) is 24.4 Å².